The highest BCUT2D eigenvalue weighted by atomic mass is 35.5. The molecule has 0 unspecified atom stereocenters. The first-order chi connectivity index (χ1) is 8.92. The normalized spacial score (nSPS) is 11.6. The molecule has 1 N–H and O–H groups in total. The third kappa shape index (κ3) is 6.81. The lowest BCUT2D eigenvalue weighted by atomic mass is 10.1. The minimum absolute atomic E-state index is 0.0990. The second-order valence-electron chi connectivity index (χ2n) is 5.56. The Labute approximate surface area is 121 Å². The van der Waals surface area contributed by atoms with Crippen LogP contribution in [0.15, 0.2) is 18.2 Å². The molecular formula is C15H24ClNO2. The summed E-state index contributed by atoms with van der Waals surface area (Å²) in [6, 6.07) is 5.91. The van der Waals surface area contributed by atoms with Gasteiger partial charge in [-0.15, -0.1) is 0 Å². The average molecular weight is 286 g/mol. The maximum atomic E-state index is 6.21. The lowest BCUT2D eigenvalue weighted by Gasteiger charge is -2.20. The van der Waals surface area contributed by atoms with Crippen LogP contribution in [0.3, 0.4) is 0 Å². The van der Waals surface area contributed by atoms with Gasteiger partial charge in [0, 0.05) is 32.2 Å². The molecule has 108 valence electrons. The zero-order chi connectivity index (χ0) is 14.3. The minimum Gasteiger partial charge on any atom is -0.492 e. The minimum atomic E-state index is 0.0990. The molecule has 0 saturated carbocycles. The van der Waals surface area contributed by atoms with E-state index in [9.17, 15) is 0 Å². The van der Waals surface area contributed by atoms with Crippen molar-refractivity contribution < 1.29 is 9.47 Å². The summed E-state index contributed by atoms with van der Waals surface area (Å²) in [5.74, 6) is 0.734. The van der Waals surface area contributed by atoms with Crippen LogP contribution in [0.25, 0.3) is 0 Å². The SMILES string of the molecule is COCCCOc1ccc(CNC(C)(C)C)cc1Cl. The highest BCUT2D eigenvalue weighted by molar-refractivity contribution is 6.32. The predicted octanol–water partition coefficient (Wildman–Crippen LogP) is 3.64. The average Bonchev–Trinajstić information content (AvgIpc) is 2.33. The van der Waals surface area contributed by atoms with Crippen LogP contribution in [0.4, 0.5) is 0 Å². The van der Waals surface area contributed by atoms with E-state index in [1.165, 1.54) is 0 Å². The zero-order valence-electron chi connectivity index (χ0n) is 12.3. The number of ether oxygens (including phenoxy) is 2. The van der Waals surface area contributed by atoms with E-state index >= 15 is 0 Å². The third-order valence-electron chi connectivity index (χ3n) is 2.57. The van der Waals surface area contributed by atoms with Crippen LogP contribution >= 0.6 is 11.6 Å². The summed E-state index contributed by atoms with van der Waals surface area (Å²) in [5.41, 5.74) is 1.26. The zero-order valence-corrected chi connectivity index (χ0v) is 13.0. The van der Waals surface area contributed by atoms with Crippen molar-refractivity contribution in [2.45, 2.75) is 39.3 Å². The van der Waals surface area contributed by atoms with Gasteiger partial charge in [0.2, 0.25) is 0 Å². The van der Waals surface area contributed by atoms with Crippen molar-refractivity contribution >= 4 is 11.6 Å². The number of nitrogens with one attached hydrogen (secondary N) is 1. The summed E-state index contributed by atoms with van der Waals surface area (Å²) in [6.45, 7) is 8.54. The number of hydrogen-bond acceptors (Lipinski definition) is 3. The first-order valence-corrected chi connectivity index (χ1v) is 6.95. The second kappa shape index (κ2) is 7.73. The van der Waals surface area contributed by atoms with E-state index in [0.29, 0.717) is 18.2 Å². The van der Waals surface area contributed by atoms with E-state index in [1.54, 1.807) is 7.11 Å². The van der Waals surface area contributed by atoms with Crippen molar-refractivity contribution in [1.82, 2.24) is 5.32 Å². The Morgan fingerprint density at radius 3 is 2.53 bits per heavy atom. The Balaban J connectivity index is 2.49. The van der Waals surface area contributed by atoms with Crippen molar-refractivity contribution in [1.29, 1.82) is 0 Å². The van der Waals surface area contributed by atoms with Crippen LogP contribution in [0, 0.1) is 0 Å². The van der Waals surface area contributed by atoms with Gasteiger partial charge in [-0.1, -0.05) is 17.7 Å². The Morgan fingerprint density at radius 1 is 1.21 bits per heavy atom. The van der Waals surface area contributed by atoms with Crippen molar-refractivity contribution in [3.8, 4) is 5.75 Å². The molecule has 4 heteroatoms. The molecule has 0 atom stereocenters. The molecule has 19 heavy (non-hydrogen) atoms. The molecular weight excluding hydrogens is 262 g/mol. The molecule has 1 rings (SSSR count). The van der Waals surface area contributed by atoms with Gasteiger partial charge in [0.25, 0.3) is 0 Å². The summed E-state index contributed by atoms with van der Waals surface area (Å²) in [6.07, 6.45) is 0.861. The van der Waals surface area contributed by atoms with Gasteiger partial charge in [0.05, 0.1) is 11.6 Å². The molecule has 1 aromatic carbocycles. The van der Waals surface area contributed by atoms with E-state index in [0.717, 1.165) is 24.3 Å². The lowest BCUT2D eigenvalue weighted by molar-refractivity contribution is 0.172. The molecule has 0 aliphatic carbocycles. The predicted molar refractivity (Wildman–Crippen MR) is 80.0 cm³/mol. The van der Waals surface area contributed by atoms with E-state index in [4.69, 9.17) is 21.1 Å². The van der Waals surface area contributed by atoms with Gasteiger partial charge >= 0.3 is 0 Å². The number of rotatable bonds is 7. The molecule has 0 saturated heterocycles. The lowest BCUT2D eigenvalue weighted by Crippen LogP contribution is -2.35. The monoisotopic (exact) mass is 285 g/mol. The Bertz CT molecular complexity index is 388. The standard InChI is InChI=1S/C15H24ClNO2/c1-15(2,3)17-11-12-6-7-14(13(16)10-12)19-9-5-8-18-4/h6-7,10,17H,5,8-9,11H2,1-4H3. The molecule has 0 heterocycles. The molecule has 0 bridgehead atoms. The molecule has 0 amide bonds. The highest BCUT2D eigenvalue weighted by Gasteiger charge is 2.09. The first kappa shape index (κ1) is 16.3. The van der Waals surface area contributed by atoms with Gasteiger partial charge < -0.3 is 14.8 Å². The molecule has 1 aromatic rings. The van der Waals surface area contributed by atoms with Crippen LogP contribution in [0.5, 0.6) is 5.75 Å². The van der Waals surface area contributed by atoms with E-state index in [1.807, 2.05) is 18.2 Å². The molecule has 0 aliphatic heterocycles. The smallest absolute Gasteiger partial charge is 0.137 e. The summed E-state index contributed by atoms with van der Waals surface area (Å²) in [5, 5.41) is 4.09. The number of hydrogen-bond donors (Lipinski definition) is 1. The van der Waals surface area contributed by atoms with Gasteiger partial charge in [-0.3, -0.25) is 0 Å². The summed E-state index contributed by atoms with van der Waals surface area (Å²) < 4.78 is 10.6. The van der Waals surface area contributed by atoms with Gasteiger partial charge in [-0.2, -0.15) is 0 Å². The van der Waals surface area contributed by atoms with E-state index in [-0.39, 0.29) is 5.54 Å². The van der Waals surface area contributed by atoms with Gasteiger partial charge in [-0.05, 0) is 38.5 Å². The topological polar surface area (TPSA) is 30.5 Å². The highest BCUT2D eigenvalue weighted by Crippen LogP contribution is 2.25. The van der Waals surface area contributed by atoms with Gasteiger partial charge in [-0.25, -0.2) is 0 Å². The van der Waals surface area contributed by atoms with Crippen molar-refractivity contribution in [3.05, 3.63) is 28.8 Å². The Kier molecular flexibility index (Phi) is 6.63. The molecule has 3 nitrogen and oxygen atoms in total. The van der Waals surface area contributed by atoms with Gasteiger partial charge in [0.1, 0.15) is 5.75 Å². The first-order valence-electron chi connectivity index (χ1n) is 6.57. The maximum Gasteiger partial charge on any atom is 0.137 e. The van der Waals surface area contributed by atoms with Crippen LogP contribution in [0.1, 0.15) is 32.8 Å². The van der Waals surface area contributed by atoms with Crippen LogP contribution < -0.4 is 10.1 Å². The molecule has 0 aliphatic rings. The third-order valence-corrected chi connectivity index (χ3v) is 2.86. The van der Waals surface area contributed by atoms with Crippen LogP contribution in [-0.2, 0) is 11.3 Å². The maximum absolute atomic E-state index is 6.21. The van der Waals surface area contributed by atoms with Gasteiger partial charge in [0.15, 0.2) is 0 Å². The molecule has 0 spiro atoms. The van der Waals surface area contributed by atoms with Crippen molar-refractivity contribution in [2.24, 2.45) is 0 Å². The van der Waals surface area contributed by atoms with E-state index < -0.39 is 0 Å². The molecule has 0 radical (unpaired) electrons. The Morgan fingerprint density at radius 2 is 1.95 bits per heavy atom. The van der Waals surface area contributed by atoms with Crippen molar-refractivity contribution in [2.75, 3.05) is 20.3 Å². The summed E-state index contributed by atoms with van der Waals surface area (Å²) in [7, 11) is 1.68. The molecule has 0 aromatic heterocycles. The summed E-state index contributed by atoms with van der Waals surface area (Å²) >= 11 is 6.21. The fraction of sp³-hybridized carbons (Fsp3) is 0.600. The van der Waals surface area contributed by atoms with E-state index in [2.05, 4.69) is 26.1 Å². The number of methoxy groups -OCH3 is 1. The summed E-state index contributed by atoms with van der Waals surface area (Å²) in [4.78, 5) is 0. The number of halogens is 1. The molecule has 0 fully saturated rings. The largest absolute Gasteiger partial charge is 0.492 e. The van der Waals surface area contributed by atoms with Crippen LogP contribution in [0.2, 0.25) is 5.02 Å². The second-order valence-corrected chi connectivity index (χ2v) is 5.97. The Hall–Kier alpha value is -0.770. The van der Waals surface area contributed by atoms with Crippen molar-refractivity contribution in [3.63, 3.8) is 0 Å². The number of benzene rings is 1. The fourth-order valence-corrected chi connectivity index (χ4v) is 1.78. The quantitative estimate of drug-likeness (QED) is 0.776. The van der Waals surface area contributed by atoms with Crippen LogP contribution in [-0.4, -0.2) is 25.9 Å². The fourth-order valence-electron chi connectivity index (χ4n) is 1.52.